The van der Waals surface area contributed by atoms with E-state index >= 15 is 0 Å². The van der Waals surface area contributed by atoms with Crippen LogP contribution < -0.4 is 16.4 Å². The highest BCUT2D eigenvalue weighted by atomic mass is 16.5. The molecular formula is C8H13N3O5. The van der Waals surface area contributed by atoms with E-state index in [1.54, 1.807) is 0 Å². The lowest BCUT2D eigenvalue weighted by molar-refractivity contribution is -0.145. The highest BCUT2D eigenvalue weighted by molar-refractivity contribution is 5.87. The maximum absolute atomic E-state index is 11.0. The maximum Gasteiger partial charge on any atom is 0.325 e. The zero-order valence-electron chi connectivity index (χ0n) is 8.52. The molecule has 0 aliphatic rings. The molecule has 0 spiro atoms. The lowest BCUT2D eigenvalue weighted by atomic mass is 10.5. The fraction of sp³-hybridized carbons (Fsp3) is 0.500. The van der Waals surface area contributed by atoms with Crippen LogP contribution in [0.25, 0.3) is 0 Å². The number of rotatable bonds is 7. The molecule has 0 atom stereocenters. The minimum Gasteiger partial charge on any atom is -0.457 e. The maximum atomic E-state index is 11.0. The summed E-state index contributed by atoms with van der Waals surface area (Å²) in [6.45, 7) is -1.19. The Morgan fingerprint density at radius 3 is 2.31 bits per heavy atom. The molecule has 0 radical (unpaired) electrons. The number of carbonyl (C=O) groups excluding carboxylic acids is 4. The molecule has 0 rings (SSSR count). The van der Waals surface area contributed by atoms with E-state index in [4.69, 9.17) is 5.73 Å². The number of hydrogen-bond donors (Lipinski definition) is 3. The standard InChI is InChI=1S/C8H13N3O5/c9-3-6(13)10-4-7(14)11-5-8(15)16-2-1-12/h1H,2-5,9H2,(H,10,13)(H,11,14). The molecule has 8 nitrogen and oxygen atoms in total. The summed E-state index contributed by atoms with van der Waals surface area (Å²) in [4.78, 5) is 42.3. The molecule has 0 aliphatic heterocycles. The van der Waals surface area contributed by atoms with Gasteiger partial charge >= 0.3 is 5.97 Å². The van der Waals surface area contributed by atoms with Crippen molar-refractivity contribution in [1.82, 2.24) is 10.6 Å². The lowest BCUT2D eigenvalue weighted by Gasteiger charge is -2.05. The fourth-order valence-electron chi connectivity index (χ4n) is 0.662. The van der Waals surface area contributed by atoms with E-state index in [9.17, 15) is 19.2 Å². The van der Waals surface area contributed by atoms with Crippen molar-refractivity contribution >= 4 is 24.1 Å². The molecule has 16 heavy (non-hydrogen) atoms. The molecule has 0 saturated heterocycles. The molecule has 0 heterocycles. The molecule has 0 aromatic carbocycles. The topological polar surface area (TPSA) is 128 Å². The smallest absolute Gasteiger partial charge is 0.325 e. The van der Waals surface area contributed by atoms with Crippen molar-refractivity contribution in [3.05, 3.63) is 0 Å². The second-order valence-corrected chi connectivity index (χ2v) is 2.61. The molecule has 0 bridgehead atoms. The summed E-state index contributed by atoms with van der Waals surface area (Å²) < 4.78 is 4.36. The Hall–Kier alpha value is -1.96. The van der Waals surface area contributed by atoms with Gasteiger partial charge in [0.05, 0.1) is 13.1 Å². The van der Waals surface area contributed by atoms with Crippen LogP contribution in [-0.4, -0.2) is 50.3 Å². The lowest BCUT2D eigenvalue weighted by Crippen LogP contribution is -2.41. The van der Waals surface area contributed by atoms with E-state index in [0.717, 1.165) is 0 Å². The molecular weight excluding hydrogens is 218 g/mol. The Morgan fingerprint density at radius 2 is 1.75 bits per heavy atom. The average molecular weight is 231 g/mol. The van der Waals surface area contributed by atoms with Crippen LogP contribution in [0.15, 0.2) is 0 Å². The summed E-state index contributed by atoms with van der Waals surface area (Å²) >= 11 is 0. The molecule has 0 aliphatic carbocycles. The molecule has 0 fully saturated rings. The Kier molecular flexibility index (Phi) is 7.33. The minimum atomic E-state index is -0.731. The zero-order valence-corrected chi connectivity index (χ0v) is 8.52. The number of ether oxygens (including phenoxy) is 1. The number of carbonyl (C=O) groups is 4. The quantitative estimate of drug-likeness (QED) is 0.315. The predicted molar refractivity (Wildman–Crippen MR) is 52.1 cm³/mol. The van der Waals surface area contributed by atoms with Crippen LogP contribution in [0.1, 0.15) is 0 Å². The SMILES string of the molecule is NCC(=O)NCC(=O)NCC(=O)OCC=O. The van der Waals surface area contributed by atoms with Gasteiger partial charge in [0.15, 0.2) is 6.29 Å². The first-order valence-corrected chi connectivity index (χ1v) is 4.43. The summed E-state index contributed by atoms with van der Waals surface area (Å²) in [6.07, 6.45) is 0.418. The van der Waals surface area contributed by atoms with Gasteiger partial charge in [-0.2, -0.15) is 0 Å². The van der Waals surface area contributed by atoms with Gasteiger partial charge in [0.25, 0.3) is 0 Å². The van der Waals surface area contributed by atoms with E-state index in [1.165, 1.54) is 0 Å². The van der Waals surface area contributed by atoms with Crippen molar-refractivity contribution in [1.29, 1.82) is 0 Å². The van der Waals surface area contributed by atoms with Gasteiger partial charge in [0.2, 0.25) is 11.8 Å². The van der Waals surface area contributed by atoms with Crippen molar-refractivity contribution in [3.8, 4) is 0 Å². The number of nitrogens with two attached hydrogens (primary N) is 1. The van der Waals surface area contributed by atoms with Gasteiger partial charge in [-0.25, -0.2) is 0 Å². The summed E-state index contributed by atoms with van der Waals surface area (Å²) in [6, 6.07) is 0. The van der Waals surface area contributed by atoms with E-state index in [1.807, 2.05) is 0 Å². The van der Waals surface area contributed by atoms with Crippen LogP contribution in [0.5, 0.6) is 0 Å². The summed E-state index contributed by atoms with van der Waals surface area (Å²) in [5.41, 5.74) is 4.98. The summed E-state index contributed by atoms with van der Waals surface area (Å²) in [7, 11) is 0. The van der Waals surface area contributed by atoms with Crippen LogP contribution in [0, 0.1) is 0 Å². The highest BCUT2D eigenvalue weighted by Gasteiger charge is 2.07. The monoisotopic (exact) mass is 231 g/mol. The summed E-state index contributed by atoms with van der Waals surface area (Å²) in [5.74, 6) is -1.76. The van der Waals surface area contributed by atoms with Gasteiger partial charge < -0.3 is 21.1 Å². The van der Waals surface area contributed by atoms with E-state index < -0.39 is 17.8 Å². The third kappa shape index (κ3) is 7.44. The molecule has 8 heteroatoms. The van der Waals surface area contributed by atoms with Gasteiger partial charge in [-0.3, -0.25) is 19.2 Å². The number of aldehydes is 1. The normalized spacial score (nSPS) is 9.06. The van der Waals surface area contributed by atoms with Crippen molar-refractivity contribution in [3.63, 3.8) is 0 Å². The number of nitrogens with one attached hydrogen (secondary N) is 2. The first-order chi connectivity index (χ1) is 7.60. The third-order valence-corrected chi connectivity index (χ3v) is 1.37. The van der Waals surface area contributed by atoms with Crippen molar-refractivity contribution < 1.29 is 23.9 Å². The van der Waals surface area contributed by atoms with Gasteiger partial charge in [0, 0.05) is 0 Å². The van der Waals surface area contributed by atoms with Crippen LogP contribution in [-0.2, 0) is 23.9 Å². The molecule has 0 saturated carbocycles. The Labute approximate surface area is 91.5 Å². The molecule has 90 valence electrons. The largest absolute Gasteiger partial charge is 0.457 e. The Bertz CT molecular complexity index is 279. The van der Waals surface area contributed by atoms with Gasteiger partial charge in [-0.05, 0) is 0 Å². The first-order valence-electron chi connectivity index (χ1n) is 4.43. The first kappa shape index (κ1) is 14.0. The molecule has 0 aromatic heterocycles. The van der Waals surface area contributed by atoms with E-state index in [2.05, 4.69) is 15.4 Å². The van der Waals surface area contributed by atoms with Crippen LogP contribution in [0.3, 0.4) is 0 Å². The van der Waals surface area contributed by atoms with Crippen molar-refractivity contribution in [2.45, 2.75) is 0 Å². The zero-order chi connectivity index (χ0) is 12.4. The Balaban J connectivity index is 3.60. The van der Waals surface area contributed by atoms with Crippen molar-refractivity contribution in [2.75, 3.05) is 26.2 Å². The molecule has 0 aromatic rings. The molecule has 4 N–H and O–H groups in total. The van der Waals surface area contributed by atoms with Gasteiger partial charge in [0.1, 0.15) is 13.2 Å². The van der Waals surface area contributed by atoms with Crippen LogP contribution in [0.2, 0.25) is 0 Å². The van der Waals surface area contributed by atoms with E-state index in [-0.39, 0.29) is 26.2 Å². The predicted octanol–water partition coefficient (Wildman–Crippen LogP) is -3.08. The highest BCUT2D eigenvalue weighted by Crippen LogP contribution is 1.74. The van der Waals surface area contributed by atoms with Crippen LogP contribution >= 0.6 is 0 Å². The second-order valence-electron chi connectivity index (χ2n) is 2.61. The van der Waals surface area contributed by atoms with Crippen LogP contribution in [0.4, 0.5) is 0 Å². The number of esters is 1. The molecule has 0 unspecified atom stereocenters. The van der Waals surface area contributed by atoms with Gasteiger partial charge in [-0.1, -0.05) is 0 Å². The number of amides is 2. The summed E-state index contributed by atoms with van der Waals surface area (Å²) in [5, 5.41) is 4.40. The average Bonchev–Trinajstić information content (AvgIpc) is 2.30. The number of hydrogen-bond acceptors (Lipinski definition) is 6. The minimum absolute atomic E-state index is 0.214. The Morgan fingerprint density at radius 1 is 1.12 bits per heavy atom. The van der Waals surface area contributed by atoms with E-state index in [0.29, 0.717) is 6.29 Å². The van der Waals surface area contributed by atoms with Crippen molar-refractivity contribution in [2.24, 2.45) is 5.73 Å². The fourth-order valence-corrected chi connectivity index (χ4v) is 0.662. The second kappa shape index (κ2) is 8.36. The third-order valence-electron chi connectivity index (χ3n) is 1.37. The molecule has 2 amide bonds. The van der Waals surface area contributed by atoms with Gasteiger partial charge in [-0.15, -0.1) is 0 Å².